The van der Waals surface area contributed by atoms with Gasteiger partial charge >= 0.3 is 0 Å². The summed E-state index contributed by atoms with van der Waals surface area (Å²) in [5.74, 6) is 0.840. The predicted molar refractivity (Wildman–Crippen MR) is 184 cm³/mol. The van der Waals surface area contributed by atoms with Gasteiger partial charge in [-0.15, -0.1) is 18.4 Å². The molecular formula is C37H46ClN3O5. The molecule has 4 N–H and O–H groups in total. The summed E-state index contributed by atoms with van der Waals surface area (Å²) in [4.78, 5) is 5.26. The molecule has 0 bridgehead atoms. The van der Waals surface area contributed by atoms with Crippen LogP contribution in [0.1, 0.15) is 37.5 Å². The number of nitrogens with one attached hydrogen (secondary N) is 1. The summed E-state index contributed by atoms with van der Waals surface area (Å²) in [5.41, 5.74) is 9.64. The van der Waals surface area contributed by atoms with Crippen molar-refractivity contribution >= 4 is 28.3 Å². The minimum Gasteiger partial charge on any atom is -1.00 e. The van der Waals surface area contributed by atoms with Crippen molar-refractivity contribution in [3.63, 3.8) is 0 Å². The van der Waals surface area contributed by atoms with Crippen molar-refractivity contribution in [3.8, 4) is 5.75 Å². The van der Waals surface area contributed by atoms with E-state index in [1.807, 2.05) is 73.9 Å². The fraction of sp³-hybridized carbons (Fsp3) is 0.270. The van der Waals surface area contributed by atoms with Crippen molar-refractivity contribution in [3.05, 3.63) is 126 Å². The van der Waals surface area contributed by atoms with E-state index in [1.54, 1.807) is 0 Å². The van der Waals surface area contributed by atoms with E-state index < -0.39 is 0 Å². The summed E-state index contributed by atoms with van der Waals surface area (Å²) in [7, 11) is 0. The minimum atomic E-state index is 0. The lowest BCUT2D eigenvalue weighted by Gasteiger charge is -2.21. The van der Waals surface area contributed by atoms with Gasteiger partial charge in [0.05, 0.1) is 18.9 Å². The molecule has 1 aliphatic rings. The van der Waals surface area contributed by atoms with Crippen molar-refractivity contribution in [2.45, 2.75) is 27.7 Å². The Balaban J connectivity index is 0.00000241. The molecule has 0 amide bonds. The Morgan fingerprint density at radius 1 is 0.848 bits per heavy atom. The van der Waals surface area contributed by atoms with Gasteiger partial charge in [0, 0.05) is 23.5 Å². The van der Waals surface area contributed by atoms with Crippen molar-refractivity contribution in [1.29, 1.82) is 0 Å². The lowest BCUT2D eigenvalue weighted by molar-refractivity contribution is -0.530. The Bertz CT molecular complexity index is 1520. The summed E-state index contributed by atoms with van der Waals surface area (Å²) in [6.07, 6.45) is 6.22. The summed E-state index contributed by atoms with van der Waals surface area (Å²) in [6, 6.07) is 22.0. The number of anilines is 3. The second-order valence-electron chi connectivity index (χ2n) is 10.2. The van der Waals surface area contributed by atoms with Crippen molar-refractivity contribution in [2.24, 2.45) is 0 Å². The van der Waals surface area contributed by atoms with Gasteiger partial charge < -0.3 is 32.7 Å². The first kappa shape index (κ1) is 38.0. The SMILES string of the molecule is C=C.CCOc1ccc(Nc2ccc(C(=C3C=CC(=[N+](CCO)CCO)C=C3C)c3ccc(N(O)OCC)cc3C)cc2)cc1.[Cl-]. The number of hydrogen-bond acceptors (Lipinski definition) is 7. The van der Waals surface area contributed by atoms with E-state index in [0.717, 1.165) is 61.5 Å². The van der Waals surface area contributed by atoms with Gasteiger partial charge in [-0.3, -0.25) is 5.21 Å². The zero-order valence-electron chi connectivity index (χ0n) is 27.2. The molecule has 0 aromatic heterocycles. The largest absolute Gasteiger partial charge is 1.00 e. The van der Waals surface area contributed by atoms with Crippen LogP contribution in [0.4, 0.5) is 17.1 Å². The van der Waals surface area contributed by atoms with Crippen LogP contribution in [0.15, 0.2) is 109 Å². The van der Waals surface area contributed by atoms with E-state index in [9.17, 15) is 15.4 Å². The van der Waals surface area contributed by atoms with Crippen LogP contribution in [0.3, 0.4) is 0 Å². The van der Waals surface area contributed by atoms with Gasteiger partial charge in [-0.2, -0.15) is 0 Å². The van der Waals surface area contributed by atoms with Crippen LogP contribution in [-0.2, 0) is 4.84 Å². The lowest BCUT2D eigenvalue weighted by atomic mass is 9.85. The standard InChI is InChI=1S/C35H41N3O5.C2H4.ClH/c1-5-42-32-15-11-29(12-16-32)36-28-9-7-27(8-10-28)35(34-18-14-31(24-26(34)4)38(41)43-6-2)33-17-13-30(23-25(33)3)37(19-21-39)20-22-40;1-2;/h7-18,23-24,39-41H,5-6,19-22H2,1-4H3;1-2H2;1H. The van der Waals surface area contributed by atoms with Crippen LogP contribution in [-0.4, -0.2) is 65.2 Å². The van der Waals surface area contributed by atoms with Crippen LogP contribution in [0.5, 0.6) is 5.75 Å². The maximum absolute atomic E-state index is 10.3. The van der Waals surface area contributed by atoms with E-state index in [0.29, 0.717) is 32.0 Å². The van der Waals surface area contributed by atoms with Gasteiger partial charge in [0.25, 0.3) is 0 Å². The summed E-state index contributed by atoms with van der Waals surface area (Å²) in [6.45, 7) is 15.8. The normalized spacial score (nSPS) is 13.1. The molecule has 4 rings (SSSR count). The fourth-order valence-electron chi connectivity index (χ4n) is 5.12. The second-order valence-corrected chi connectivity index (χ2v) is 10.2. The number of aliphatic hydroxyl groups is 2. The molecule has 1 aliphatic carbocycles. The van der Waals surface area contributed by atoms with Gasteiger partial charge in [0.1, 0.15) is 19.0 Å². The third kappa shape index (κ3) is 9.91. The first-order chi connectivity index (χ1) is 21.9. The molecule has 46 heavy (non-hydrogen) atoms. The Kier molecular flexibility index (Phi) is 16.0. The number of benzene rings is 3. The third-order valence-corrected chi connectivity index (χ3v) is 7.16. The Labute approximate surface area is 279 Å². The average Bonchev–Trinajstić information content (AvgIpc) is 3.05. The van der Waals surface area contributed by atoms with E-state index >= 15 is 0 Å². The molecule has 0 unspecified atom stereocenters. The number of allylic oxidation sites excluding steroid dienone is 5. The highest BCUT2D eigenvalue weighted by molar-refractivity contribution is 6.05. The molecule has 0 saturated carbocycles. The van der Waals surface area contributed by atoms with Crippen LogP contribution >= 0.6 is 0 Å². The van der Waals surface area contributed by atoms with Crippen LogP contribution in [0.2, 0.25) is 0 Å². The second kappa shape index (κ2) is 19.4. The molecule has 0 spiro atoms. The maximum Gasteiger partial charge on any atom is 0.200 e. The molecular weight excluding hydrogens is 602 g/mol. The fourth-order valence-corrected chi connectivity index (χ4v) is 5.12. The van der Waals surface area contributed by atoms with E-state index in [-0.39, 0.29) is 25.6 Å². The van der Waals surface area contributed by atoms with Gasteiger partial charge in [-0.25, -0.2) is 9.41 Å². The quantitative estimate of drug-likeness (QED) is 0.127. The number of hydrogen-bond donors (Lipinski definition) is 4. The van der Waals surface area contributed by atoms with Crippen molar-refractivity contribution in [2.75, 3.05) is 50.1 Å². The molecule has 0 fully saturated rings. The van der Waals surface area contributed by atoms with E-state index in [1.165, 1.54) is 0 Å². The number of nitrogens with zero attached hydrogens (tertiary/aromatic N) is 2. The molecule has 3 aromatic carbocycles. The zero-order chi connectivity index (χ0) is 32.8. The van der Waals surface area contributed by atoms with Crippen molar-refractivity contribution < 1.29 is 42.0 Å². The molecule has 3 aromatic rings. The van der Waals surface area contributed by atoms with Crippen LogP contribution in [0.25, 0.3) is 5.57 Å². The monoisotopic (exact) mass is 647 g/mol. The highest BCUT2D eigenvalue weighted by atomic mass is 35.5. The number of halogens is 1. The molecule has 0 heterocycles. The number of rotatable bonds is 13. The predicted octanol–water partition coefficient (Wildman–Crippen LogP) is 3.85. The smallest absolute Gasteiger partial charge is 0.200 e. The van der Waals surface area contributed by atoms with Gasteiger partial charge in [-0.1, -0.05) is 18.2 Å². The molecule has 8 nitrogen and oxygen atoms in total. The molecule has 246 valence electrons. The molecule has 9 heteroatoms. The third-order valence-electron chi connectivity index (χ3n) is 7.16. The Morgan fingerprint density at radius 2 is 1.46 bits per heavy atom. The molecule has 0 aliphatic heterocycles. The number of aliphatic hydroxyl groups excluding tert-OH is 2. The average molecular weight is 648 g/mol. The summed E-state index contributed by atoms with van der Waals surface area (Å²) >= 11 is 0. The van der Waals surface area contributed by atoms with Crippen LogP contribution < -0.4 is 27.7 Å². The first-order valence-electron chi connectivity index (χ1n) is 15.2. The van der Waals surface area contributed by atoms with Gasteiger partial charge in [0.15, 0.2) is 18.8 Å². The molecule has 0 atom stereocenters. The Hall–Kier alpha value is -4.18. The number of aryl methyl sites for hydroxylation is 1. The topological polar surface area (TPSA) is 97.4 Å². The first-order valence-corrected chi connectivity index (χ1v) is 15.2. The zero-order valence-corrected chi connectivity index (χ0v) is 27.9. The van der Waals surface area contributed by atoms with Gasteiger partial charge in [0.2, 0.25) is 0 Å². The highest BCUT2D eigenvalue weighted by Crippen LogP contribution is 2.36. The van der Waals surface area contributed by atoms with Gasteiger partial charge in [-0.05, 0) is 116 Å². The Morgan fingerprint density at radius 3 is 1.98 bits per heavy atom. The maximum atomic E-state index is 10.3. The highest BCUT2D eigenvalue weighted by Gasteiger charge is 2.20. The van der Waals surface area contributed by atoms with E-state index in [4.69, 9.17) is 9.57 Å². The van der Waals surface area contributed by atoms with E-state index in [2.05, 4.69) is 61.8 Å². The minimum absolute atomic E-state index is 0. The lowest BCUT2D eigenvalue weighted by Crippen LogP contribution is -3.00. The summed E-state index contributed by atoms with van der Waals surface area (Å²) in [5, 5.41) is 33.6. The molecule has 0 radical (unpaired) electrons. The summed E-state index contributed by atoms with van der Waals surface area (Å²) < 4.78 is 7.53. The number of ether oxygens (including phenoxy) is 1. The van der Waals surface area contributed by atoms with Crippen molar-refractivity contribution in [1.82, 2.24) is 0 Å². The van der Waals surface area contributed by atoms with Crippen LogP contribution in [0, 0.1) is 6.92 Å². The molecule has 0 saturated heterocycles.